The molecule has 3 nitrogen and oxygen atoms in total. The Bertz CT molecular complexity index is 586. The molecule has 2 aromatic rings. The number of phenols is 1. The molecule has 1 atom stereocenters. The van der Waals surface area contributed by atoms with E-state index in [1.165, 1.54) is 5.56 Å². The number of hydrogen-bond acceptors (Lipinski definition) is 3. The average Bonchev–Trinajstić information content (AvgIpc) is 2.46. The Hall–Kier alpha value is -1.52. The first-order valence-corrected chi connectivity index (χ1v) is 7.25. The number of ether oxygens (including phenoxy) is 1. The van der Waals surface area contributed by atoms with E-state index in [2.05, 4.69) is 27.3 Å². The molecule has 0 radical (unpaired) electrons. The van der Waals surface area contributed by atoms with Crippen LogP contribution in [-0.4, -0.2) is 12.2 Å². The number of benzene rings is 2. The Morgan fingerprint density at radius 3 is 2.70 bits per heavy atom. The molecule has 0 aliphatic heterocycles. The largest absolute Gasteiger partial charge is 0.508 e. The van der Waals surface area contributed by atoms with Crippen molar-refractivity contribution in [3.8, 4) is 11.5 Å². The Kier molecular flexibility index (Phi) is 5.04. The van der Waals surface area contributed by atoms with Crippen molar-refractivity contribution in [2.45, 2.75) is 19.5 Å². The average molecular weight is 336 g/mol. The Labute approximate surface area is 127 Å². The summed E-state index contributed by atoms with van der Waals surface area (Å²) in [6, 6.07) is 13.4. The van der Waals surface area contributed by atoms with E-state index in [0.29, 0.717) is 0 Å². The van der Waals surface area contributed by atoms with Gasteiger partial charge in [-0.3, -0.25) is 0 Å². The van der Waals surface area contributed by atoms with Crippen molar-refractivity contribution in [2.75, 3.05) is 7.11 Å². The summed E-state index contributed by atoms with van der Waals surface area (Å²) in [6.45, 7) is 2.74. The van der Waals surface area contributed by atoms with Crippen LogP contribution in [0.3, 0.4) is 0 Å². The summed E-state index contributed by atoms with van der Waals surface area (Å²) in [5.41, 5.74) is 2.01. The van der Waals surface area contributed by atoms with Gasteiger partial charge < -0.3 is 15.2 Å². The number of halogens is 1. The molecule has 0 aliphatic carbocycles. The molecule has 0 amide bonds. The molecule has 0 saturated heterocycles. The number of rotatable bonds is 5. The fourth-order valence-corrected chi connectivity index (χ4v) is 2.45. The predicted molar refractivity (Wildman–Crippen MR) is 84.1 cm³/mol. The number of nitrogens with one attached hydrogen (secondary N) is 1. The van der Waals surface area contributed by atoms with Gasteiger partial charge in [0.1, 0.15) is 11.5 Å². The molecule has 0 spiro atoms. The number of phenolic OH excluding ortho intramolecular Hbond substituents is 1. The fraction of sp³-hybridized carbons (Fsp3) is 0.250. The van der Waals surface area contributed by atoms with Gasteiger partial charge in [-0.2, -0.15) is 0 Å². The van der Waals surface area contributed by atoms with Crippen LogP contribution < -0.4 is 10.1 Å². The first-order chi connectivity index (χ1) is 9.61. The van der Waals surface area contributed by atoms with Crippen LogP contribution >= 0.6 is 15.9 Å². The van der Waals surface area contributed by atoms with Gasteiger partial charge in [0.15, 0.2) is 0 Å². The zero-order valence-electron chi connectivity index (χ0n) is 11.6. The summed E-state index contributed by atoms with van der Waals surface area (Å²) in [7, 11) is 1.62. The predicted octanol–water partition coefficient (Wildman–Crippen LogP) is 4.01. The van der Waals surface area contributed by atoms with Crippen molar-refractivity contribution in [1.29, 1.82) is 0 Å². The maximum absolute atomic E-state index is 9.95. The highest BCUT2D eigenvalue weighted by Gasteiger charge is 2.11. The molecule has 0 saturated carbocycles. The van der Waals surface area contributed by atoms with Gasteiger partial charge in [-0.1, -0.05) is 34.1 Å². The van der Waals surface area contributed by atoms with E-state index in [4.69, 9.17) is 4.74 Å². The van der Waals surface area contributed by atoms with Gasteiger partial charge in [-0.25, -0.2) is 0 Å². The molecule has 0 aromatic heterocycles. The highest BCUT2D eigenvalue weighted by molar-refractivity contribution is 9.10. The second-order valence-electron chi connectivity index (χ2n) is 4.62. The van der Waals surface area contributed by atoms with Crippen molar-refractivity contribution < 1.29 is 9.84 Å². The van der Waals surface area contributed by atoms with Gasteiger partial charge in [0.25, 0.3) is 0 Å². The number of aromatic hydroxyl groups is 1. The van der Waals surface area contributed by atoms with Crippen LogP contribution in [0.25, 0.3) is 0 Å². The van der Waals surface area contributed by atoms with Crippen LogP contribution in [0.4, 0.5) is 0 Å². The van der Waals surface area contributed by atoms with Crippen LogP contribution in [0.2, 0.25) is 0 Å². The first-order valence-electron chi connectivity index (χ1n) is 6.45. The van der Waals surface area contributed by atoms with Crippen LogP contribution in [-0.2, 0) is 6.54 Å². The zero-order valence-corrected chi connectivity index (χ0v) is 13.1. The molecule has 0 bridgehead atoms. The third-order valence-electron chi connectivity index (χ3n) is 3.26. The van der Waals surface area contributed by atoms with E-state index in [0.717, 1.165) is 22.3 Å². The maximum atomic E-state index is 9.95. The summed E-state index contributed by atoms with van der Waals surface area (Å²) >= 11 is 3.53. The number of methoxy groups -OCH3 is 1. The van der Waals surface area contributed by atoms with Gasteiger partial charge in [0, 0.05) is 22.6 Å². The third-order valence-corrected chi connectivity index (χ3v) is 4.03. The molecular formula is C16H18BrNO2. The normalized spacial score (nSPS) is 12.2. The van der Waals surface area contributed by atoms with Crippen LogP contribution in [0.1, 0.15) is 24.1 Å². The maximum Gasteiger partial charge on any atom is 0.120 e. The highest BCUT2D eigenvalue weighted by atomic mass is 79.9. The van der Waals surface area contributed by atoms with Gasteiger partial charge in [0.05, 0.1) is 7.11 Å². The van der Waals surface area contributed by atoms with Crippen molar-refractivity contribution in [3.63, 3.8) is 0 Å². The lowest BCUT2D eigenvalue weighted by atomic mass is 10.1. The minimum Gasteiger partial charge on any atom is -0.508 e. The fourth-order valence-electron chi connectivity index (χ4n) is 2.02. The Morgan fingerprint density at radius 1 is 1.25 bits per heavy atom. The lowest BCUT2D eigenvalue weighted by molar-refractivity contribution is 0.407. The molecule has 4 heteroatoms. The topological polar surface area (TPSA) is 41.5 Å². The lowest BCUT2D eigenvalue weighted by Gasteiger charge is -2.17. The lowest BCUT2D eigenvalue weighted by Crippen LogP contribution is -2.18. The highest BCUT2D eigenvalue weighted by Crippen LogP contribution is 2.28. The molecule has 1 unspecified atom stereocenters. The number of hydrogen-bond donors (Lipinski definition) is 2. The summed E-state index contributed by atoms with van der Waals surface area (Å²) in [4.78, 5) is 0. The van der Waals surface area contributed by atoms with Gasteiger partial charge in [-0.05, 0) is 36.8 Å². The standard InChI is InChI=1S/C16H18BrNO2/c1-11(14-9-13(20-2)7-8-16(14)19)18-10-12-5-3-4-6-15(12)17/h3-9,11,18-19H,10H2,1-2H3. The van der Waals surface area contributed by atoms with Gasteiger partial charge >= 0.3 is 0 Å². The molecule has 20 heavy (non-hydrogen) atoms. The molecular weight excluding hydrogens is 318 g/mol. The monoisotopic (exact) mass is 335 g/mol. The first kappa shape index (κ1) is 14.9. The molecule has 2 aromatic carbocycles. The quantitative estimate of drug-likeness (QED) is 0.867. The van der Waals surface area contributed by atoms with Gasteiger partial charge in [0.2, 0.25) is 0 Å². The third kappa shape index (κ3) is 3.52. The molecule has 2 rings (SSSR count). The molecule has 0 aliphatic rings. The van der Waals surface area contributed by atoms with Crippen molar-refractivity contribution >= 4 is 15.9 Å². The smallest absolute Gasteiger partial charge is 0.120 e. The van der Waals surface area contributed by atoms with E-state index >= 15 is 0 Å². The molecule has 0 heterocycles. The van der Waals surface area contributed by atoms with Crippen LogP contribution in [0.5, 0.6) is 11.5 Å². The van der Waals surface area contributed by atoms with Crippen LogP contribution in [0.15, 0.2) is 46.9 Å². The summed E-state index contributed by atoms with van der Waals surface area (Å²) < 4.78 is 6.27. The molecule has 0 fully saturated rings. The Balaban J connectivity index is 2.09. The summed E-state index contributed by atoms with van der Waals surface area (Å²) in [6.07, 6.45) is 0. The minimum atomic E-state index is 0.0252. The van der Waals surface area contributed by atoms with Crippen molar-refractivity contribution in [2.24, 2.45) is 0 Å². The van der Waals surface area contributed by atoms with Gasteiger partial charge in [-0.15, -0.1) is 0 Å². The van der Waals surface area contributed by atoms with Crippen molar-refractivity contribution in [1.82, 2.24) is 5.32 Å². The van der Waals surface area contributed by atoms with Crippen LogP contribution in [0, 0.1) is 0 Å². The molecule has 2 N–H and O–H groups in total. The van der Waals surface area contributed by atoms with E-state index in [1.807, 2.05) is 31.2 Å². The SMILES string of the molecule is COc1ccc(O)c(C(C)NCc2ccccc2Br)c1. The minimum absolute atomic E-state index is 0.0252. The Morgan fingerprint density at radius 2 is 2.00 bits per heavy atom. The second-order valence-corrected chi connectivity index (χ2v) is 5.47. The summed E-state index contributed by atoms with van der Waals surface area (Å²) in [5, 5.41) is 13.4. The van der Waals surface area contributed by atoms with E-state index < -0.39 is 0 Å². The second kappa shape index (κ2) is 6.77. The molecule has 106 valence electrons. The van der Waals surface area contributed by atoms with E-state index in [9.17, 15) is 5.11 Å². The van der Waals surface area contributed by atoms with Crippen molar-refractivity contribution in [3.05, 3.63) is 58.1 Å². The van der Waals surface area contributed by atoms with E-state index in [-0.39, 0.29) is 11.8 Å². The zero-order chi connectivity index (χ0) is 14.5. The van der Waals surface area contributed by atoms with E-state index in [1.54, 1.807) is 19.2 Å². The summed E-state index contributed by atoms with van der Waals surface area (Å²) in [5.74, 6) is 1.02.